The summed E-state index contributed by atoms with van der Waals surface area (Å²) in [4.78, 5) is 83.0. The van der Waals surface area contributed by atoms with Crippen LogP contribution in [0, 0.1) is 10.1 Å². The van der Waals surface area contributed by atoms with E-state index in [4.69, 9.17) is 20.7 Å². The number of unbranched alkanes of at least 4 members (excludes halogenated alkanes) is 1. The van der Waals surface area contributed by atoms with Gasteiger partial charge in [0.05, 0.1) is 23.6 Å². The highest BCUT2D eigenvalue weighted by Crippen LogP contribution is 2.24. The summed E-state index contributed by atoms with van der Waals surface area (Å²) < 4.78 is 5.35. The number of carboxylic acids is 2. The molecule has 0 fully saturated rings. The number of nitro groups is 1. The third kappa shape index (κ3) is 12.7. The lowest BCUT2D eigenvalue weighted by Crippen LogP contribution is -2.54. The number of carbonyl (C=O) groups is 6. The monoisotopic (exact) mass is 582 g/mol. The molecule has 0 spiro atoms. The maximum Gasteiger partial charge on any atom is 0.322 e. The van der Waals surface area contributed by atoms with Crippen LogP contribution >= 0.6 is 0 Å². The van der Waals surface area contributed by atoms with Gasteiger partial charge in [-0.05, 0) is 45.2 Å². The van der Waals surface area contributed by atoms with E-state index in [1.54, 1.807) is 6.92 Å². The van der Waals surface area contributed by atoms with Crippen LogP contribution in [0.1, 0.15) is 49.4 Å². The van der Waals surface area contributed by atoms with E-state index in [2.05, 4.69) is 21.3 Å². The molecule has 2 atom stereocenters. The molecule has 0 aliphatic rings. The maximum atomic E-state index is 13.2. The molecule has 0 aliphatic heterocycles. The normalized spacial score (nSPS) is 11.9. The van der Waals surface area contributed by atoms with E-state index in [0.29, 0.717) is 19.4 Å². The van der Waals surface area contributed by atoms with Crippen LogP contribution in [-0.4, -0.2) is 89.0 Å². The van der Waals surface area contributed by atoms with E-state index in [9.17, 15) is 38.9 Å². The van der Waals surface area contributed by atoms with E-state index in [1.165, 1.54) is 6.07 Å². The van der Waals surface area contributed by atoms with Gasteiger partial charge in [-0.1, -0.05) is 0 Å². The van der Waals surface area contributed by atoms with Crippen LogP contribution in [0.4, 0.5) is 5.69 Å². The first-order valence-electron chi connectivity index (χ1n) is 12.6. The van der Waals surface area contributed by atoms with E-state index in [0.717, 1.165) is 12.1 Å². The van der Waals surface area contributed by atoms with Gasteiger partial charge < -0.3 is 42.0 Å². The van der Waals surface area contributed by atoms with Crippen LogP contribution in [0.5, 0.6) is 5.75 Å². The zero-order chi connectivity index (χ0) is 30.9. The van der Waals surface area contributed by atoms with Crippen molar-refractivity contribution in [3.63, 3.8) is 0 Å². The van der Waals surface area contributed by atoms with Gasteiger partial charge >= 0.3 is 11.9 Å². The first kappa shape index (κ1) is 34.2. The quantitative estimate of drug-likeness (QED) is 0.0581. The van der Waals surface area contributed by atoms with Gasteiger partial charge in [0.15, 0.2) is 0 Å². The Morgan fingerprint density at radius 1 is 0.951 bits per heavy atom. The van der Waals surface area contributed by atoms with Crippen LogP contribution in [0.3, 0.4) is 0 Å². The SMILES string of the molecule is CCOc1ccc([N+](=O)[O-])cc1C(=O)N[C@@H](CCC(=O)O)C(=O)N[C@@H](CCCCN)C(=O)NCC(=O)NCC(=O)O. The van der Waals surface area contributed by atoms with Crippen molar-refractivity contribution in [3.8, 4) is 5.75 Å². The standard InChI is InChI=1S/C24H34N6O11/c1-2-41-18-8-6-14(30(39)40)11-15(18)22(36)28-17(7-9-20(32)33)24(38)29-16(5-3-4-10-25)23(37)27-12-19(31)26-13-21(34)35/h6,8,11,16-17H,2-5,7,9-10,12-13,25H2,1H3,(H,26,31)(H,27,37)(H,28,36)(H,29,38)(H,32,33)(H,34,35)/t16-,17-/m0/s1. The second-order valence-electron chi connectivity index (χ2n) is 8.56. The summed E-state index contributed by atoms with van der Waals surface area (Å²) in [5.41, 5.74) is 4.81. The van der Waals surface area contributed by atoms with E-state index in [1.807, 2.05) is 0 Å². The van der Waals surface area contributed by atoms with Gasteiger partial charge in [0.2, 0.25) is 17.7 Å². The lowest BCUT2D eigenvalue weighted by atomic mass is 10.1. The number of aliphatic carboxylic acids is 2. The van der Waals surface area contributed by atoms with Crippen LogP contribution in [0.15, 0.2) is 18.2 Å². The van der Waals surface area contributed by atoms with Crippen molar-refractivity contribution >= 4 is 41.3 Å². The Balaban J connectivity index is 3.13. The number of nitro benzene ring substituents is 1. The number of nitrogens with one attached hydrogen (secondary N) is 4. The number of benzene rings is 1. The fourth-order valence-corrected chi connectivity index (χ4v) is 3.42. The predicted molar refractivity (Wildman–Crippen MR) is 141 cm³/mol. The first-order chi connectivity index (χ1) is 19.4. The number of non-ortho nitro benzene ring substituents is 1. The molecule has 226 valence electrons. The molecule has 0 bridgehead atoms. The molecule has 0 aromatic heterocycles. The Morgan fingerprint density at radius 3 is 2.22 bits per heavy atom. The van der Waals surface area contributed by atoms with E-state index < -0.39 is 77.8 Å². The van der Waals surface area contributed by atoms with Gasteiger partial charge in [-0.2, -0.15) is 0 Å². The molecule has 1 rings (SSSR count). The Kier molecular flexibility index (Phi) is 14.8. The third-order valence-electron chi connectivity index (χ3n) is 5.43. The van der Waals surface area contributed by atoms with E-state index in [-0.39, 0.29) is 30.8 Å². The number of nitrogens with two attached hydrogens (primary N) is 1. The maximum absolute atomic E-state index is 13.2. The van der Waals surface area contributed by atoms with Crippen molar-refractivity contribution in [1.82, 2.24) is 21.3 Å². The number of carbonyl (C=O) groups excluding carboxylic acids is 4. The topological polar surface area (TPSA) is 269 Å². The summed E-state index contributed by atoms with van der Waals surface area (Å²) in [5.74, 6) is -6.03. The van der Waals surface area contributed by atoms with Gasteiger partial charge in [-0.3, -0.25) is 38.9 Å². The predicted octanol–water partition coefficient (Wildman–Crippen LogP) is -1.11. The smallest absolute Gasteiger partial charge is 0.322 e. The molecular formula is C24H34N6O11. The van der Waals surface area contributed by atoms with Crippen LogP contribution in [0.25, 0.3) is 0 Å². The van der Waals surface area contributed by atoms with Gasteiger partial charge in [-0.15, -0.1) is 0 Å². The molecular weight excluding hydrogens is 548 g/mol. The molecule has 8 N–H and O–H groups in total. The number of nitrogens with zero attached hydrogens (tertiary/aromatic N) is 1. The van der Waals surface area contributed by atoms with Crippen LogP contribution in [-0.2, 0) is 24.0 Å². The van der Waals surface area contributed by atoms with Crippen molar-refractivity contribution in [3.05, 3.63) is 33.9 Å². The number of carboxylic acid groups (broad SMARTS) is 2. The van der Waals surface area contributed by atoms with Crippen LogP contribution in [0.2, 0.25) is 0 Å². The van der Waals surface area contributed by atoms with Crippen LogP contribution < -0.4 is 31.7 Å². The average Bonchev–Trinajstić information content (AvgIpc) is 2.92. The number of amides is 4. The highest BCUT2D eigenvalue weighted by molar-refractivity contribution is 6.01. The number of hydrogen-bond donors (Lipinski definition) is 7. The molecule has 17 nitrogen and oxygen atoms in total. The minimum absolute atomic E-state index is 0.00629. The Bertz CT molecular complexity index is 1130. The van der Waals surface area contributed by atoms with Crippen molar-refractivity contribution in [2.45, 2.75) is 51.1 Å². The molecule has 0 heterocycles. The molecule has 1 aromatic carbocycles. The summed E-state index contributed by atoms with van der Waals surface area (Å²) >= 11 is 0. The second kappa shape index (κ2) is 17.7. The summed E-state index contributed by atoms with van der Waals surface area (Å²) in [7, 11) is 0. The molecule has 1 aromatic rings. The Labute approximate surface area is 234 Å². The van der Waals surface area contributed by atoms with Crippen molar-refractivity contribution < 1.29 is 48.6 Å². The van der Waals surface area contributed by atoms with Crippen molar-refractivity contribution in [1.29, 1.82) is 0 Å². The molecule has 41 heavy (non-hydrogen) atoms. The van der Waals surface area contributed by atoms with E-state index >= 15 is 0 Å². The number of ether oxygens (including phenoxy) is 1. The van der Waals surface area contributed by atoms with Crippen molar-refractivity contribution in [2.24, 2.45) is 5.73 Å². The lowest BCUT2D eigenvalue weighted by Gasteiger charge is -2.23. The van der Waals surface area contributed by atoms with Gasteiger partial charge in [-0.25, -0.2) is 0 Å². The molecule has 0 unspecified atom stereocenters. The average molecular weight is 583 g/mol. The zero-order valence-corrected chi connectivity index (χ0v) is 22.3. The summed E-state index contributed by atoms with van der Waals surface area (Å²) in [6.45, 7) is 0.794. The number of hydrogen-bond acceptors (Lipinski definition) is 10. The molecule has 17 heteroatoms. The third-order valence-corrected chi connectivity index (χ3v) is 5.43. The van der Waals surface area contributed by atoms with Gasteiger partial charge in [0.1, 0.15) is 24.4 Å². The minimum Gasteiger partial charge on any atom is -0.493 e. The van der Waals surface area contributed by atoms with Gasteiger partial charge in [0.25, 0.3) is 11.6 Å². The molecule has 0 aliphatic carbocycles. The minimum atomic E-state index is -1.48. The summed E-state index contributed by atoms with van der Waals surface area (Å²) in [6, 6.07) is 0.597. The van der Waals surface area contributed by atoms with Gasteiger partial charge in [0, 0.05) is 18.6 Å². The summed E-state index contributed by atoms with van der Waals surface area (Å²) in [5, 5.41) is 38.1. The molecule has 0 radical (unpaired) electrons. The highest BCUT2D eigenvalue weighted by atomic mass is 16.6. The highest BCUT2D eigenvalue weighted by Gasteiger charge is 2.29. The largest absolute Gasteiger partial charge is 0.493 e. The Hall–Kier alpha value is -4.80. The van der Waals surface area contributed by atoms with Crippen molar-refractivity contribution in [2.75, 3.05) is 26.2 Å². The molecule has 0 saturated carbocycles. The first-order valence-corrected chi connectivity index (χ1v) is 12.6. The fourth-order valence-electron chi connectivity index (χ4n) is 3.42. The summed E-state index contributed by atoms with van der Waals surface area (Å²) in [6.07, 6.45) is 0.0208. The fraction of sp³-hybridized carbons (Fsp3) is 0.500. The molecule has 0 saturated heterocycles. The zero-order valence-electron chi connectivity index (χ0n) is 22.3. The Morgan fingerprint density at radius 2 is 1.63 bits per heavy atom. The number of rotatable bonds is 19. The lowest BCUT2D eigenvalue weighted by molar-refractivity contribution is -0.384. The second-order valence-corrected chi connectivity index (χ2v) is 8.56. The molecule has 4 amide bonds.